The quantitative estimate of drug-likeness (QED) is 0.521. The minimum absolute atomic E-state index is 1.10. The van der Waals surface area contributed by atoms with Gasteiger partial charge in [-0.15, -0.1) is 0 Å². The van der Waals surface area contributed by atoms with Crippen molar-refractivity contribution in [2.45, 2.75) is 26.7 Å². The first-order chi connectivity index (χ1) is 4.91. The molecular weight excluding hydrogens is 124 g/mol. The Bertz CT molecular complexity index is 47.2. The van der Waals surface area contributed by atoms with Gasteiger partial charge in [0.25, 0.3) is 0 Å². The molecular formula is C8H20N2. The zero-order valence-corrected chi connectivity index (χ0v) is 7.24. The molecule has 0 rings (SSSR count). The summed E-state index contributed by atoms with van der Waals surface area (Å²) in [6, 6.07) is 0. The minimum Gasteiger partial charge on any atom is -0.315 e. The Morgan fingerprint density at radius 1 is 0.700 bits per heavy atom. The van der Waals surface area contributed by atoms with Gasteiger partial charge in [0.2, 0.25) is 0 Å². The molecule has 0 saturated heterocycles. The summed E-state index contributed by atoms with van der Waals surface area (Å²) in [7, 11) is 0. The minimum atomic E-state index is 1.10. The van der Waals surface area contributed by atoms with E-state index in [0.29, 0.717) is 0 Å². The molecule has 0 saturated carbocycles. The summed E-state index contributed by atoms with van der Waals surface area (Å²) in [5.74, 6) is 0. The van der Waals surface area contributed by atoms with Gasteiger partial charge in [-0.1, -0.05) is 13.8 Å². The van der Waals surface area contributed by atoms with E-state index in [0.717, 1.165) is 26.2 Å². The summed E-state index contributed by atoms with van der Waals surface area (Å²) in [6.07, 6.45) is 2.46. The van der Waals surface area contributed by atoms with E-state index < -0.39 is 0 Å². The molecule has 62 valence electrons. The predicted octanol–water partition coefficient (Wildman–Crippen LogP) is 0.986. The molecule has 2 nitrogen and oxygen atoms in total. The second-order valence-corrected chi connectivity index (χ2v) is 2.50. The molecule has 0 heterocycles. The largest absolute Gasteiger partial charge is 0.315 e. The highest BCUT2D eigenvalue weighted by Crippen LogP contribution is 1.70. The van der Waals surface area contributed by atoms with Gasteiger partial charge >= 0.3 is 0 Å². The van der Waals surface area contributed by atoms with Crippen LogP contribution >= 0.6 is 0 Å². The van der Waals surface area contributed by atoms with Crippen LogP contribution in [0.15, 0.2) is 0 Å². The molecule has 10 heavy (non-hydrogen) atoms. The molecule has 0 aliphatic carbocycles. The molecule has 2 N–H and O–H groups in total. The first kappa shape index (κ1) is 9.92. The Kier molecular flexibility index (Phi) is 8.85. The van der Waals surface area contributed by atoms with Crippen LogP contribution in [0.25, 0.3) is 0 Å². The third kappa shape index (κ3) is 7.92. The Morgan fingerprint density at radius 2 is 1.10 bits per heavy atom. The fraction of sp³-hybridized carbons (Fsp3) is 1.00. The second-order valence-electron chi connectivity index (χ2n) is 2.50. The first-order valence-corrected chi connectivity index (χ1v) is 4.33. The van der Waals surface area contributed by atoms with Crippen LogP contribution in [0.5, 0.6) is 0 Å². The second kappa shape index (κ2) is 8.92. The third-order valence-electron chi connectivity index (χ3n) is 1.33. The van der Waals surface area contributed by atoms with Crippen molar-refractivity contribution in [3.05, 3.63) is 0 Å². The van der Waals surface area contributed by atoms with E-state index in [1.807, 2.05) is 0 Å². The van der Waals surface area contributed by atoms with Crippen LogP contribution < -0.4 is 10.6 Å². The van der Waals surface area contributed by atoms with Crippen LogP contribution in [0.4, 0.5) is 0 Å². The normalized spacial score (nSPS) is 10.2. The Labute approximate surface area is 64.4 Å². The van der Waals surface area contributed by atoms with E-state index in [1.165, 1.54) is 12.8 Å². The molecule has 2 heteroatoms. The van der Waals surface area contributed by atoms with E-state index in [9.17, 15) is 0 Å². The van der Waals surface area contributed by atoms with Gasteiger partial charge in [0.15, 0.2) is 0 Å². The number of hydrogen-bond acceptors (Lipinski definition) is 2. The zero-order chi connectivity index (χ0) is 7.66. The highest BCUT2D eigenvalue weighted by atomic mass is 14.9. The fourth-order valence-corrected chi connectivity index (χ4v) is 0.780. The molecule has 0 aromatic carbocycles. The van der Waals surface area contributed by atoms with Crippen molar-refractivity contribution in [2.24, 2.45) is 0 Å². The van der Waals surface area contributed by atoms with Crippen molar-refractivity contribution < 1.29 is 0 Å². The average Bonchev–Trinajstić information content (AvgIpc) is 1.97. The lowest BCUT2D eigenvalue weighted by atomic mass is 10.4. The standard InChI is InChI=1S/C8H20N2/c1-3-5-9-7-8-10-6-4-2/h9-10H,3-8H2,1-2H3. The van der Waals surface area contributed by atoms with E-state index >= 15 is 0 Å². The smallest absolute Gasteiger partial charge is 0.00767 e. The topological polar surface area (TPSA) is 24.1 Å². The molecule has 0 bridgehead atoms. The van der Waals surface area contributed by atoms with E-state index in [-0.39, 0.29) is 0 Å². The van der Waals surface area contributed by atoms with Crippen LogP contribution in [-0.2, 0) is 0 Å². The Balaban J connectivity index is 2.65. The summed E-state index contributed by atoms with van der Waals surface area (Å²) >= 11 is 0. The predicted molar refractivity (Wildman–Crippen MR) is 46.3 cm³/mol. The maximum absolute atomic E-state index is 3.33. The highest BCUT2D eigenvalue weighted by Gasteiger charge is 1.83. The summed E-state index contributed by atoms with van der Waals surface area (Å²) in [5, 5.41) is 6.66. The monoisotopic (exact) mass is 144 g/mol. The lowest BCUT2D eigenvalue weighted by Gasteiger charge is -2.03. The van der Waals surface area contributed by atoms with Crippen molar-refractivity contribution in [3.63, 3.8) is 0 Å². The fourth-order valence-electron chi connectivity index (χ4n) is 0.780. The van der Waals surface area contributed by atoms with Crippen LogP contribution in [0.3, 0.4) is 0 Å². The molecule has 0 fully saturated rings. The van der Waals surface area contributed by atoms with Gasteiger partial charge in [0.05, 0.1) is 0 Å². The maximum Gasteiger partial charge on any atom is 0.00767 e. The lowest BCUT2D eigenvalue weighted by Crippen LogP contribution is -2.28. The molecule has 0 amide bonds. The van der Waals surface area contributed by atoms with Crippen molar-refractivity contribution >= 4 is 0 Å². The molecule has 0 radical (unpaired) electrons. The van der Waals surface area contributed by atoms with E-state index in [1.54, 1.807) is 0 Å². The first-order valence-electron chi connectivity index (χ1n) is 4.33. The van der Waals surface area contributed by atoms with Crippen molar-refractivity contribution in [1.29, 1.82) is 0 Å². The lowest BCUT2D eigenvalue weighted by molar-refractivity contribution is 0.603. The maximum atomic E-state index is 3.33. The molecule has 0 unspecified atom stereocenters. The van der Waals surface area contributed by atoms with Gasteiger partial charge in [-0.05, 0) is 25.9 Å². The van der Waals surface area contributed by atoms with Gasteiger partial charge in [-0.25, -0.2) is 0 Å². The van der Waals surface area contributed by atoms with Crippen LogP contribution in [0.1, 0.15) is 26.7 Å². The van der Waals surface area contributed by atoms with Crippen molar-refractivity contribution in [2.75, 3.05) is 26.2 Å². The molecule has 0 atom stereocenters. The van der Waals surface area contributed by atoms with Gasteiger partial charge in [0.1, 0.15) is 0 Å². The molecule has 0 aliphatic rings. The molecule has 0 aromatic heterocycles. The van der Waals surface area contributed by atoms with Crippen LogP contribution in [0.2, 0.25) is 0 Å². The Hall–Kier alpha value is -0.0800. The summed E-state index contributed by atoms with van der Waals surface area (Å²) in [4.78, 5) is 0. The summed E-state index contributed by atoms with van der Waals surface area (Å²) < 4.78 is 0. The van der Waals surface area contributed by atoms with Gasteiger partial charge in [-0.3, -0.25) is 0 Å². The van der Waals surface area contributed by atoms with Crippen LogP contribution in [0, 0.1) is 0 Å². The van der Waals surface area contributed by atoms with E-state index in [4.69, 9.17) is 0 Å². The van der Waals surface area contributed by atoms with E-state index in [2.05, 4.69) is 24.5 Å². The van der Waals surface area contributed by atoms with Gasteiger partial charge < -0.3 is 10.6 Å². The average molecular weight is 144 g/mol. The van der Waals surface area contributed by atoms with Crippen LogP contribution in [-0.4, -0.2) is 26.2 Å². The van der Waals surface area contributed by atoms with Crippen molar-refractivity contribution in [1.82, 2.24) is 10.6 Å². The molecule has 0 aromatic rings. The molecule has 0 spiro atoms. The SMILES string of the molecule is CCCNCCNCCC. The summed E-state index contributed by atoms with van der Waals surface area (Å²) in [6.45, 7) is 8.88. The number of hydrogen-bond donors (Lipinski definition) is 2. The highest BCUT2D eigenvalue weighted by molar-refractivity contribution is 4.49. The molecule has 0 aliphatic heterocycles. The Morgan fingerprint density at radius 3 is 1.40 bits per heavy atom. The third-order valence-corrected chi connectivity index (χ3v) is 1.33. The van der Waals surface area contributed by atoms with Gasteiger partial charge in [-0.2, -0.15) is 0 Å². The van der Waals surface area contributed by atoms with Gasteiger partial charge in [0, 0.05) is 13.1 Å². The zero-order valence-electron chi connectivity index (χ0n) is 7.24. The summed E-state index contributed by atoms with van der Waals surface area (Å²) in [5.41, 5.74) is 0. The number of rotatable bonds is 7. The van der Waals surface area contributed by atoms with Crippen molar-refractivity contribution in [3.8, 4) is 0 Å². The number of nitrogens with one attached hydrogen (secondary N) is 2.